The van der Waals surface area contributed by atoms with E-state index in [1.165, 1.54) is 45.1 Å². The first-order valence-corrected chi connectivity index (χ1v) is 7.41. The molecule has 0 aromatic rings. The minimum Gasteiger partial charge on any atom is -0.396 e. The van der Waals surface area contributed by atoms with Gasteiger partial charge >= 0.3 is 0 Å². The summed E-state index contributed by atoms with van der Waals surface area (Å²) in [6, 6.07) is 1.55. The van der Waals surface area contributed by atoms with Crippen molar-refractivity contribution in [3.63, 3.8) is 0 Å². The number of aliphatic hydroxyl groups is 1. The van der Waals surface area contributed by atoms with Crippen molar-refractivity contribution >= 4 is 0 Å². The van der Waals surface area contributed by atoms with Crippen LogP contribution in [-0.2, 0) is 0 Å². The molecule has 3 heteroatoms. The van der Waals surface area contributed by atoms with E-state index in [0.29, 0.717) is 12.5 Å². The van der Waals surface area contributed by atoms with Crippen LogP contribution in [-0.4, -0.2) is 48.3 Å². The third kappa shape index (κ3) is 3.67. The summed E-state index contributed by atoms with van der Waals surface area (Å²) in [5.41, 5.74) is 0. The maximum Gasteiger partial charge on any atom is 0.0471 e. The van der Waals surface area contributed by atoms with E-state index in [0.717, 1.165) is 25.2 Å². The van der Waals surface area contributed by atoms with Gasteiger partial charge in [0.1, 0.15) is 0 Å². The van der Waals surface area contributed by atoms with Crippen LogP contribution in [0, 0.1) is 5.92 Å². The molecule has 3 nitrogen and oxygen atoms in total. The normalized spacial score (nSPS) is 36.0. The van der Waals surface area contributed by atoms with Gasteiger partial charge in [0, 0.05) is 25.2 Å². The molecule has 1 saturated heterocycles. The molecule has 0 spiro atoms. The molecule has 17 heavy (non-hydrogen) atoms. The van der Waals surface area contributed by atoms with E-state index in [9.17, 15) is 5.11 Å². The molecule has 0 aromatic carbocycles. The lowest BCUT2D eigenvalue weighted by molar-refractivity contribution is 0.0679. The van der Waals surface area contributed by atoms with Crippen molar-refractivity contribution < 1.29 is 5.11 Å². The summed E-state index contributed by atoms with van der Waals surface area (Å²) in [4.78, 5) is 2.65. The van der Waals surface area contributed by atoms with Crippen LogP contribution in [0.2, 0.25) is 0 Å². The fraction of sp³-hybridized carbons (Fsp3) is 1.00. The smallest absolute Gasteiger partial charge is 0.0471 e. The number of hydrogen-bond donors (Lipinski definition) is 2. The molecule has 100 valence electrons. The van der Waals surface area contributed by atoms with Crippen LogP contribution < -0.4 is 5.32 Å². The second-order valence-corrected chi connectivity index (χ2v) is 5.75. The highest BCUT2D eigenvalue weighted by molar-refractivity contribution is 4.85. The molecule has 0 amide bonds. The highest BCUT2D eigenvalue weighted by Crippen LogP contribution is 2.27. The maximum atomic E-state index is 9.28. The largest absolute Gasteiger partial charge is 0.396 e. The minimum atomic E-state index is 0.378. The Morgan fingerprint density at radius 3 is 2.59 bits per heavy atom. The van der Waals surface area contributed by atoms with Gasteiger partial charge in [0.2, 0.25) is 0 Å². The number of hydrogen-bond acceptors (Lipinski definition) is 3. The lowest BCUT2D eigenvalue weighted by Gasteiger charge is -2.41. The zero-order valence-electron chi connectivity index (χ0n) is 11.2. The molecule has 1 saturated carbocycles. The molecule has 0 radical (unpaired) electrons. The van der Waals surface area contributed by atoms with Gasteiger partial charge in [0.05, 0.1) is 0 Å². The van der Waals surface area contributed by atoms with Crippen molar-refractivity contribution in [1.82, 2.24) is 10.2 Å². The fourth-order valence-corrected chi connectivity index (χ4v) is 3.51. The predicted molar refractivity (Wildman–Crippen MR) is 71.1 cm³/mol. The Morgan fingerprint density at radius 1 is 1.18 bits per heavy atom. The van der Waals surface area contributed by atoms with Gasteiger partial charge in [-0.1, -0.05) is 6.92 Å². The number of likely N-dealkylation sites (tertiary alicyclic amines) is 1. The zero-order valence-corrected chi connectivity index (χ0v) is 11.2. The maximum absolute atomic E-state index is 9.28. The summed E-state index contributed by atoms with van der Waals surface area (Å²) in [6.07, 6.45) is 7.85. The summed E-state index contributed by atoms with van der Waals surface area (Å²) >= 11 is 0. The van der Waals surface area contributed by atoms with E-state index in [2.05, 4.69) is 17.1 Å². The molecule has 2 rings (SSSR count). The molecule has 1 aliphatic carbocycles. The van der Waals surface area contributed by atoms with E-state index in [4.69, 9.17) is 0 Å². The fourth-order valence-electron chi connectivity index (χ4n) is 3.51. The predicted octanol–water partition coefficient (Wildman–Crippen LogP) is 1.61. The lowest BCUT2D eigenvalue weighted by Crippen LogP contribution is -2.47. The monoisotopic (exact) mass is 240 g/mol. The highest BCUT2D eigenvalue weighted by Gasteiger charge is 2.28. The Balaban J connectivity index is 1.76. The van der Waals surface area contributed by atoms with E-state index >= 15 is 0 Å². The Bertz CT molecular complexity index is 214. The topological polar surface area (TPSA) is 35.5 Å². The van der Waals surface area contributed by atoms with Crippen molar-refractivity contribution in [2.45, 2.75) is 57.5 Å². The molecule has 2 N–H and O–H groups in total. The Hall–Kier alpha value is -0.120. The van der Waals surface area contributed by atoms with Crippen LogP contribution in [0.15, 0.2) is 0 Å². The zero-order chi connectivity index (χ0) is 12.1. The van der Waals surface area contributed by atoms with Crippen LogP contribution in [0.5, 0.6) is 0 Å². The van der Waals surface area contributed by atoms with Gasteiger partial charge in [-0.2, -0.15) is 0 Å². The average Bonchev–Trinajstić information content (AvgIpc) is 2.40. The standard InChI is InChI=1S/C14H28N2O/c1-2-15-13-5-7-14(8-6-13)16-9-3-4-12(10-16)11-17/h12-15,17H,2-11H2,1H3. The van der Waals surface area contributed by atoms with E-state index in [1.54, 1.807) is 0 Å². The lowest BCUT2D eigenvalue weighted by atomic mass is 9.88. The molecule has 1 aliphatic heterocycles. The van der Waals surface area contributed by atoms with E-state index < -0.39 is 0 Å². The molecule has 0 bridgehead atoms. The van der Waals surface area contributed by atoms with Crippen LogP contribution in [0.3, 0.4) is 0 Å². The van der Waals surface area contributed by atoms with Gasteiger partial charge < -0.3 is 15.3 Å². The first kappa shape index (κ1) is 13.3. The number of rotatable bonds is 4. The van der Waals surface area contributed by atoms with Crippen LogP contribution in [0.1, 0.15) is 45.4 Å². The first-order valence-electron chi connectivity index (χ1n) is 7.41. The van der Waals surface area contributed by atoms with Gasteiger partial charge in [-0.25, -0.2) is 0 Å². The average molecular weight is 240 g/mol. The summed E-state index contributed by atoms with van der Waals surface area (Å²) in [6.45, 7) is 6.07. The molecule has 2 fully saturated rings. The van der Waals surface area contributed by atoms with Crippen molar-refractivity contribution in [2.75, 3.05) is 26.2 Å². The Labute approximate surface area is 106 Å². The van der Waals surface area contributed by atoms with Crippen LogP contribution in [0.4, 0.5) is 0 Å². The van der Waals surface area contributed by atoms with Gasteiger partial charge in [-0.05, 0) is 57.5 Å². The van der Waals surface area contributed by atoms with E-state index in [1.807, 2.05) is 0 Å². The molecular weight excluding hydrogens is 212 g/mol. The highest BCUT2D eigenvalue weighted by atomic mass is 16.3. The number of piperidine rings is 1. The Morgan fingerprint density at radius 2 is 1.94 bits per heavy atom. The number of aliphatic hydroxyl groups excluding tert-OH is 1. The first-order chi connectivity index (χ1) is 8.33. The summed E-state index contributed by atoms with van der Waals surface area (Å²) in [5.74, 6) is 0.537. The van der Waals surface area contributed by atoms with Crippen LogP contribution in [0.25, 0.3) is 0 Å². The summed E-state index contributed by atoms with van der Waals surface area (Å²) in [7, 11) is 0. The molecule has 1 unspecified atom stereocenters. The third-order valence-electron chi connectivity index (χ3n) is 4.51. The second-order valence-electron chi connectivity index (χ2n) is 5.75. The molecule has 2 aliphatic rings. The molecular formula is C14H28N2O. The summed E-state index contributed by atoms with van der Waals surface area (Å²) in [5, 5.41) is 12.9. The molecule has 1 heterocycles. The summed E-state index contributed by atoms with van der Waals surface area (Å²) < 4.78 is 0. The number of nitrogens with zero attached hydrogens (tertiary/aromatic N) is 1. The third-order valence-corrected chi connectivity index (χ3v) is 4.51. The second kappa shape index (κ2) is 6.72. The Kier molecular flexibility index (Phi) is 5.26. The van der Waals surface area contributed by atoms with Gasteiger partial charge in [-0.3, -0.25) is 0 Å². The van der Waals surface area contributed by atoms with Crippen molar-refractivity contribution in [1.29, 1.82) is 0 Å². The van der Waals surface area contributed by atoms with Crippen molar-refractivity contribution in [3.05, 3.63) is 0 Å². The number of nitrogens with one attached hydrogen (secondary N) is 1. The van der Waals surface area contributed by atoms with Crippen molar-refractivity contribution in [3.8, 4) is 0 Å². The van der Waals surface area contributed by atoms with Crippen molar-refractivity contribution in [2.24, 2.45) is 5.92 Å². The van der Waals surface area contributed by atoms with E-state index in [-0.39, 0.29) is 0 Å². The molecule has 0 aromatic heterocycles. The quantitative estimate of drug-likeness (QED) is 0.784. The van der Waals surface area contributed by atoms with Gasteiger partial charge in [0.25, 0.3) is 0 Å². The van der Waals surface area contributed by atoms with Gasteiger partial charge in [-0.15, -0.1) is 0 Å². The van der Waals surface area contributed by atoms with Crippen LogP contribution >= 0.6 is 0 Å². The van der Waals surface area contributed by atoms with Gasteiger partial charge in [0.15, 0.2) is 0 Å². The minimum absolute atomic E-state index is 0.378. The molecule has 1 atom stereocenters. The SMILES string of the molecule is CCNC1CCC(N2CCCC(CO)C2)CC1.